The number of nitrogens with one attached hydrogen (secondary N) is 1. The first kappa shape index (κ1) is 13.0. The lowest BCUT2D eigenvalue weighted by Crippen LogP contribution is -2.20. The van der Waals surface area contributed by atoms with Gasteiger partial charge in [0, 0.05) is 12.2 Å². The number of rotatable bonds is 6. The van der Waals surface area contributed by atoms with Crippen molar-refractivity contribution in [3.63, 3.8) is 0 Å². The van der Waals surface area contributed by atoms with Crippen LogP contribution in [-0.2, 0) is 9.84 Å². The van der Waals surface area contributed by atoms with Crippen molar-refractivity contribution in [2.75, 3.05) is 30.0 Å². The number of aryl methyl sites for hydroxylation is 1. The molecule has 16 heavy (non-hydrogen) atoms. The number of hydrogen-bond donors (Lipinski definition) is 2. The molecule has 0 spiro atoms. The SMILES string of the molecule is Cc1cccc(NCCS(=O)(=O)CCO)c1. The zero-order chi connectivity index (χ0) is 12.0. The third kappa shape index (κ3) is 4.63. The highest BCUT2D eigenvalue weighted by molar-refractivity contribution is 7.91. The predicted molar refractivity (Wildman–Crippen MR) is 65.4 cm³/mol. The van der Waals surface area contributed by atoms with Crippen LogP contribution in [0.4, 0.5) is 5.69 Å². The first-order chi connectivity index (χ1) is 7.53. The molecule has 0 radical (unpaired) electrons. The van der Waals surface area contributed by atoms with Gasteiger partial charge >= 0.3 is 0 Å². The summed E-state index contributed by atoms with van der Waals surface area (Å²) < 4.78 is 22.6. The zero-order valence-corrected chi connectivity index (χ0v) is 10.1. The van der Waals surface area contributed by atoms with E-state index in [4.69, 9.17) is 5.11 Å². The second-order valence-corrected chi connectivity index (χ2v) is 5.98. The normalized spacial score (nSPS) is 11.4. The van der Waals surface area contributed by atoms with Gasteiger partial charge in [-0.25, -0.2) is 8.42 Å². The fraction of sp³-hybridized carbons (Fsp3) is 0.455. The minimum Gasteiger partial charge on any atom is -0.395 e. The van der Waals surface area contributed by atoms with Crippen molar-refractivity contribution < 1.29 is 13.5 Å². The third-order valence-electron chi connectivity index (χ3n) is 2.16. The van der Waals surface area contributed by atoms with Gasteiger partial charge in [-0.3, -0.25) is 0 Å². The molecule has 0 saturated carbocycles. The van der Waals surface area contributed by atoms with Gasteiger partial charge in [0.2, 0.25) is 0 Å². The third-order valence-corrected chi connectivity index (χ3v) is 3.79. The van der Waals surface area contributed by atoms with E-state index in [1.165, 1.54) is 0 Å². The maximum Gasteiger partial charge on any atom is 0.154 e. The predicted octanol–water partition coefficient (Wildman–Crippen LogP) is 0.814. The summed E-state index contributed by atoms with van der Waals surface area (Å²) in [6, 6.07) is 7.75. The van der Waals surface area contributed by atoms with E-state index in [-0.39, 0.29) is 18.1 Å². The monoisotopic (exact) mass is 243 g/mol. The van der Waals surface area contributed by atoms with E-state index in [2.05, 4.69) is 5.32 Å². The second kappa shape index (κ2) is 5.86. The fourth-order valence-electron chi connectivity index (χ4n) is 1.35. The highest BCUT2D eigenvalue weighted by Gasteiger charge is 2.08. The van der Waals surface area contributed by atoms with Crippen LogP contribution in [0.25, 0.3) is 0 Å². The fourth-order valence-corrected chi connectivity index (χ4v) is 2.24. The first-order valence-corrected chi connectivity index (χ1v) is 6.97. The molecule has 0 atom stereocenters. The van der Waals surface area contributed by atoms with Crippen LogP contribution >= 0.6 is 0 Å². The maximum absolute atomic E-state index is 11.3. The Morgan fingerprint density at radius 2 is 2.06 bits per heavy atom. The highest BCUT2D eigenvalue weighted by atomic mass is 32.2. The molecule has 0 aliphatic heterocycles. The highest BCUT2D eigenvalue weighted by Crippen LogP contribution is 2.08. The minimum absolute atomic E-state index is 0.0432. The number of aliphatic hydroxyl groups is 1. The van der Waals surface area contributed by atoms with Gasteiger partial charge in [0.25, 0.3) is 0 Å². The quantitative estimate of drug-likeness (QED) is 0.776. The van der Waals surface area contributed by atoms with Gasteiger partial charge in [0.05, 0.1) is 18.1 Å². The van der Waals surface area contributed by atoms with Crippen molar-refractivity contribution in [2.24, 2.45) is 0 Å². The van der Waals surface area contributed by atoms with E-state index in [9.17, 15) is 8.42 Å². The Labute approximate surface area is 96.2 Å². The molecular formula is C11H17NO3S. The van der Waals surface area contributed by atoms with Gasteiger partial charge in [-0.15, -0.1) is 0 Å². The lowest BCUT2D eigenvalue weighted by Gasteiger charge is -2.07. The molecule has 1 aromatic carbocycles. The second-order valence-electron chi connectivity index (χ2n) is 3.67. The molecule has 0 heterocycles. The van der Waals surface area contributed by atoms with Crippen molar-refractivity contribution in [1.29, 1.82) is 0 Å². The molecular weight excluding hydrogens is 226 g/mol. The smallest absolute Gasteiger partial charge is 0.154 e. The largest absolute Gasteiger partial charge is 0.395 e. The van der Waals surface area contributed by atoms with Gasteiger partial charge < -0.3 is 10.4 Å². The lowest BCUT2D eigenvalue weighted by molar-refractivity contribution is 0.319. The Balaban J connectivity index is 2.42. The Morgan fingerprint density at radius 3 is 2.69 bits per heavy atom. The van der Waals surface area contributed by atoms with E-state index >= 15 is 0 Å². The topological polar surface area (TPSA) is 66.4 Å². The van der Waals surface area contributed by atoms with Gasteiger partial charge in [-0.05, 0) is 24.6 Å². The molecule has 0 fully saturated rings. The number of hydrogen-bond acceptors (Lipinski definition) is 4. The molecule has 0 aliphatic carbocycles. The summed E-state index contributed by atoms with van der Waals surface area (Å²) in [5.41, 5.74) is 2.04. The van der Waals surface area contributed by atoms with Crippen molar-refractivity contribution in [1.82, 2.24) is 0 Å². The lowest BCUT2D eigenvalue weighted by atomic mass is 10.2. The van der Waals surface area contributed by atoms with Crippen molar-refractivity contribution in [3.05, 3.63) is 29.8 Å². The summed E-state index contributed by atoms with van der Waals surface area (Å²) in [4.78, 5) is 0. The standard InChI is InChI=1S/C11H17NO3S/c1-10-3-2-4-11(9-10)12-5-7-16(14,15)8-6-13/h2-4,9,12-13H,5-8H2,1H3. The van der Waals surface area contributed by atoms with E-state index in [0.717, 1.165) is 11.3 Å². The maximum atomic E-state index is 11.3. The van der Waals surface area contributed by atoms with Gasteiger partial charge in [-0.2, -0.15) is 0 Å². The molecule has 0 unspecified atom stereocenters. The Kier molecular flexibility index (Phi) is 4.76. The van der Waals surface area contributed by atoms with Crippen LogP contribution < -0.4 is 5.32 Å². The first-order valence-electron chi connectivity index (χ1n) is 5.15. The van der Waals surface area contributed by atoms with Gasteiger partial charge in [-0.1, -0.05) is 12.1 Å². The van der Waals surface area contributed by atoms with Crippen LogP contribution in [0.15, 0.2) is 24.3 Å². The molecule has 2 N–H and O–H groups in total. The number of sulfone groups is 1. The van der Waals surface area contributed by atoms with Crippen LogP contribution in [0.2, 0.25) is 0 Å². The average Bonchev–Trinajstić information content (AvgIpc) is 2.17. The van der Waals surface area contributed by atoms with Crippen molar-refractivity contribution in [2.45, 2.75) is 6.92 Å². The minimum atomic E-state index is -3.12. The number of anilines is 1. The molecule has 1 rings (SSSR count). The van der Waals surface area contributed by atoms with Crippen LogP contribution in [0.3, 0.4) is 0 Å². The molecule has 0 aromatic heterocycles. The number of benzene rings is 1. The summed E-state index contributed by atoms with van der Waals surface area (Å²) >= 11 is 0. The van der Waals surface area contributed by atoms with Gasteiger partial charge in [0.15, 0.2) is 9.84 Å². The summed E-state index contributed by atoms with van der Waals surface area (Å²) in [5.74, 6) is -0.121. The Bertz CT molecular complexity index is 429. The summed E-state index contributed by atoms with van der Waals surface area (Å²) in [6.45, 7) is 2.03. The summed E-state index contributed by atoms with van der Waals surface area (Å²) in [5, 5.41) is 11.6. The molecule has 90 valence electrons. The van der Waals surface area contributed by atoms with E-state index in [1.54, 1.807) is 0 Å². The summed E-state index contributed by atoms with van der Waals surface area (Å²) in [6.07, 6.45) is 0. The molecule has 0 amide bonds. The van der Waals surface area contributed by atoms with Crippen LogP contribution in [0.1, 0.15) is 5.56 Å². The van der Waals surface area contributed by atoms with Crippen molar-refractivity contribution >= 4 is 15.5 Å². The van der Waals surface area contributed by atoms with Crippen LogP contribution in [0.5, 0.6) is 0 Å². The summed E-state index contributed by atoms with van der Waals surface area (Å²) in [7, 11) is -3.12. The van der Waals surface area contributed by atoms with Crippen LogP contribution in [-0.4, -0.2) is 38.2 Å². The van der Waals surface area contributed by atoms with E-state index in [0.29, 0.717) is 6.54 Å². The Morgan fingerprint density at radius 1 is 1.31 bits per heavy atom. The molecule has 0 aliphatic rings. The van der Waals surface area contributed by atoms with Crippen LogP contribution in [0, 0.1) is 6.92 Å². The average molecular weight is 243 g/mol. The Hall–Kier alpha value is -1.07. The van der Waals surface area contributed by atoms with E-state index < -0.39 is 9.84 Å². The van der Waals surface area contributed by atoms with E-state index in [1.807, 2.05) is 31.2 Å². The molecule has 1 aromatic rings. The number of aliphatic hydroxyl groups excluding tert-OH is 1. The molecule has 0 bridgehead atoms. The molecule has 4 nitrogen and oxygen atoms in total. The zero-order valence-electron chi connectivity index (χ0n) is 9.31. The van der Waals surface area contributed by atoms with Gasteiger partial charge in [0.1, 0.15) is 0 Å². The van der Waals surface area contributed by atoms with Crippen molar-refractivity contribution in [3.8, 4) is 0 Å². The molecule has 0 saturated heterocycles. The molecule has 5 heteroatoms.